The molecular weight excluding hydrogens is 304 g/mol. The Hall–Kier alpha value is -2.82. The fraction of sp³-hybridized carbons (Fsp3) is 0.263. The number of primary amides is 1. The van der Waals surface area contributed by atoms with Gasteiger partial charge in [-0.25, -0.2) is 0 Å². The molecule has 0 aliphatic rings. The van der Waals surface area contributed by atoms with Crippen LogP contribution < -0.4 is 15.8 Å². The third kappa shape index (κ3) is 4.84. The molecule has 0 heterocycles. The van der Waals surface area contributed by atoms with Crippen LogP contribution in [-0.4, -0.2) is 25.0 Å². The van der Waals surface area contributed by atoms with Crippen LogP contribution in [0.5, 0.6) is 5.75 Å². The highest BCUT2D eigenvalue weighted by Gasteiger charge is 2.08. The van der Waals surface area contributed by atoms with Crippen molar-refractivity contribution >= 4 is 11.8 Å². The first kappa shape index (κ1) is 17.5. The Bertz CT molecular complexity index is 709. The maximum atomic E-state index is 12.0. The average molecular weight is 326 g/mol. The number of amides is 2. The molecule has 5 heteroatoms. The smallest absolute Gasteiger partial charge is 0.251 e. The van der Waals surface area contributed by atoms with Crippen LogP contribution in [0.15, 0.2) is 48.5 Å². The van der Waals surface area contributed by atoms with E-state index in [-0.39, 0.29) is 5.91 Å². The van der Waals surface area contributed by atoms with Gasteiger partial charge in [0.25, 0.3) is 5.91 Å². The van der Waals surface area contributed by atoms with Crippen LogP contribution >= 0.6 is 0 Å². The van der Waals surface area contributed by atoms with Gasteiger partial charge < -0.3 is 15.8 Å². The molecule has 2 rings (SSSR count). The molecule has 126 valence electrons. The number of nitrogens with one attached hydrogen (secondary N) is 1. The molecule has 2 aromatic carbocycles. The number of benzene rings is 2. The minimum Gasteiger partial charge on any atom is -0.492 e. The molecule has 0 saturated heterocycles. The predicted octanol–water partition coefficient (Wildman–Crippen LogP) is 2.72. The highest BCUT2D eigenvalue weighted by molar-refractivity contribution is 5.99. The summed E-state index contributed by atoms with van der Waals surface area (Å²) >= 11 is 0. The SMILES string of the molecule is CC(C)c1ccc(OCCNC(=O)c2cccc(C(N)=O)c2)cc1. The van der Waals surface area contributed by atoms with Crippen molar-refractivity contribution in [3.8, 4) is 5.75 Å². The molecule has 0 radical (unpaired) electrons. The Balaban J connectivity index is 1.80. The van der Waals surface area contributed by atoms with Crippen LogP contribution in [0.1, 0.15) is 46.0 Å². The second kappa shape index (κ2) is 8.15. The first-order valence-electron chi connectivity index (χ1n) is 7.88. The maximum Gasteiger partial charge on any atom is 0.251 e. The first-order valence-corrected chi connectivity index (χ1v) is 7.88. The molecule has 2 amide bonds. The number of hydrogen-bond donors (Lipinski definition) is 2. The van der Waals surface area contributed by atoms with Crippen LogP contribution in [0.3, 0.4) is 0 Å². The lowest BCUT2D eigenvalue weighted by molar-refractivity contribution is 0.0947. The van der Waals surface area contributed by atoms with E-state index in [1.54, 1.807) is 18.2 Å². The molecule has 0 aliphatic carbocycles. The van der Waals surface area contributed by atoms with E-state index in [1.807, 2.05) is 24.3 Å². The predicted molar refractivity (Wildman–Crippen MR) is 93.3 cm³/mol. The van der Waals surface area contributed by atoms with Gasteiger partial charge in [0.05, 0.1) is 6.54 Å². The van der Waals surface area contributed by atoms with Crippen molar-refractivity contribution in [3.63, 3.8) is 0 Å². The fourth-order valence-electron chi connectivity index (χ4n) is 2.20. The van der Waals surface area contributed by atoms with Crippen molar-refractivity contribution in [2.45, 2.75) is 19.8 Å². The summed E-state index contributed by atoms with van der Waals surface area (Å²) < 4.78 is 5.60. The molecule has 0 fully saturated rings. The standard InChI is InChI=1S/C19H22N2O3/c1-13(2)14-6-8-17(9-7-14)24-11-10-21-19(23)16-5-3-4-15(12-16)18(20)22/h3-9,12-13H,10-11H2,1-2H3,(H2,20,22)(H,21,23). The van der Waals surface area contributed by atoms with E-state index < -0.39 is 5.91 Å². The van der Waals surface area contributed by atoms with Crippen LogP contribution in [0.4, 0.5) is 0 Å². The quantitative estimate of drug-likeness (QED) is 0.768. The zero-order valence-corrected chi connectivity index (χ0v) is 13.9. The Labute approximate surface area is 141 Å². The maximum absolute atomic E-state index is 12.0. The molecular formula is C19H22N2O3. The summed E-state index contributed by atoms with van der Waals surface area (Å²) in [5.74, 6) is 0.425. The summed E-state index contributed by atoms with van der Waals surface area (Å²) in [6.45, 7) is 5.01. The van der Waals surface area contributed by atoms with Crippen LogP contribution in [0.25, 0.3) is 0 Å². The second-order valence-corrected chi connectivity index (χ2v) is 5.77. The molecule has 3 N–H and O–H groups in total. The molecule has 0 bridgehead atoms. The number of carbonyl (C=O) groups excluding carboxylic acids is 2. The van der Waals surface area contributed by atoms with E-state index in [1.165, 1.54) is 11.6 Å². The molecule has 0 saturated carbocycles. The molecule has 0 unspecified atom stereocenters. The average Bonchev–Trinajstić information content (AvgIpc) is 2.59. The zero-order valence-electron chi connectivity index (χ0n) is 13.9. The molecule has 24 heavy (non-hydrogen) atoms. The topological polar surface area (TPSA) is 81.4 Å². The van der Waals surface area contributed by atoms with Gasteiger partial charge in [0.2, 0.25) is 5.91 Å². The Kier molecular flexibility index (Phi) is 5.95. The number of ether oxygens (including phenoxy) is 1. The minimum absolute atomic E-state index is 0.267. The van der Waals surface area contributed by atoms with Gasteiger partial charge in [-0.2, -0.15) is 0 Å². The number of carbonyl (C=O) groups is 2. The largest absolute Gasteiger partial charge is 0.492 e. The van der Waals surface area contributed by atoms with Gasteiger partial charge in [-0.3, -0.25) is 9.59 Å². The van der Waals surface area contributed by atoms with Crippen molar-refractivity contribution < 1.29 is 14.3 Å². The lowest BCUT2D eigenvalue weighted by Gasteiger charge is -2.10. The third-order valence-corrected chi connectivity index (χ3v) is 3.61. The van der Waals surface area contributed by atoms with Gasteiger partial charge in [0.1, 0.15) is 12.4 Å². The number of hydrogen-bond acceptors (Lipinski definition) is 3. The Morgan fingerprint density at radius 3 is 2.38 bits per heavy atom. The molecule has 0 aliphatic heterocycles. The Morgan fingerprint density at radius 1 is 1.08 bits per heavy atom. The van der Waals surface area contributed by atoms with Gasteiger partial charge in [0, 0.05) is 11.1 Å². The molecule has 0 aromatic heterocycles. The van der Waals surface area contributed by atoms with Crippen molar-refractivity contribution in [2.24, 2.45) is 5.73 Å². The van der Waals surface area contributed by atoms with Gasteiger partial charge in [-0.15, -0.1) is 0 Å². The highest BCUT2D eigenvalue weighted by Crippen LogP contribution is 2.18. The van der Waals surface area contributed by atoms with Gasteiger partial charge in [-0.1, -0.05) is 32.0 Å². The Morgan fingerprint density at radius 2 is 1.75 bits per heavy atom. The first-order chi connectivity index (χ1) is 11.5. The van der Waals surface area contributed by atoms with Crippen LogP contribution in [0.2, 0.25) is 0 Å². The zero-order chi connectivity index (χ0) is 17.5. The van der Waals surface area contributed by atoms with E-state index >= 15 is 0 Å². The van der Waals surface area contributed by atoms with Gasteiger partial charge in [-0.05, 0) is 41.8 Å². The van der Waals surface area contributed by atoms with Gasteiger partial charge in [0.15, 0.2) is 0 Å². The summed E-state index contributed by atoms with van der Waals surface area (Å²) in [6.07, 6.45) is 0. The fourth-order valence-corrected chi connectivity index (χ4v) is 2.20. The molecule has 0 atom stereocenters. The van der Waals surface area contributed by atoms with Gasteiger partial charge >= 0.3 is 0 Å². The van der Waals surface area contributed by atoms with E-state index in [2.05, 4.69) is 19.2 Å². The van der Waals surface area contributed by atoms with Crippen molar-refractivity contribution in [1.82, 2.24) is 5.32 Å². The molecule has 5 nitrogen and oxygen atoms in total. The third-order valence-electron chi connectivity index (χ3n) is 3.61. The summed E-state index contributed by atoms with van der Waals surface area (Å²) in [7, 11) is 0. The normalized spacial score (nSPS) is 10.5. The summed E-state index contributed by atoms with van der Waals surface area (Å²) in [5.41, 5.74) is 7.17. The van der Waals surface area contributed by atoms with Crippen LogP contribution in [0, 0.1) is 0 Å². The van der Waals surface area contributed by atoms with Crippen molar-refractivity contribution in [2.75, 3.05) is 13.2 Å². The van der Waals surface area contributed by atoms with E-state index in [4.69, 9.17) is 10.5 Å². The molecule has 2 aromatic rings. The highest BCUT2D eigenvalue weighted by atomic mass is 16.5. The second-order valence-electron chi connectivity index (χ2n) is 5.77. The number of nitrogens with two attached hydrogens (primary N) is 1. The summed E-state index contributed by atoms with van der Waals surface area (Å²) in [6, 6.07) is 14.2. The summed E-state index contributed by atoms with van der Waals surface area (Å²) in [4.78, 5) is 23.2. The lowest BCUT2D eigenvalue weighted by atomic mass is 10.0. The van der Waals surface area contributed by atoms with E-state index in [0.29, 0.717) is 30.2 Å². The summed E-state index contributed by atoms with van der Waals surface area (Å²) in [5, 5.41) is 2.75. The van der Waals surface area contributed by atoms with E-state index in [9.17, 15) is 9.59 Å². The van der Waals surface area contributed by atoms with E-state index in [0.717, 1.165) is 5.75 Å². The monoisotopic (exact) mass is 326 g/mol. The molecule has 0 spiro atoms. The lowest BCUT2D eigenvalue weighted by Crippen LogP contribution is -2.28. The minimum atomic E-state index is -0.558. The number of rotatable bonds is 7. The van der Waals surface area contributed by atoms with Crippen molar-refractivity contribution in [3.05, 3.63) is 65.2 Å². The van der Waals surface area contributed by atoms with Crippen molar-refractivity contribution in [1.29, 1.82) is 0 Å². The van der Waals surface area contributed by atoms with Crippen LogP contribution in [-0.2, 0) is 0 Å².